The van der Waals surface area contributed by atoms with Crippen molar-refractivity contribution in [3.8, 4) is 5.75 Å². The Hall–Kier alpha value is -2.28. The van der Waals surface area contributed by atoms with Crippen molar-refractivity contribution >= 4 is 23.2 Å². The minimum atomic E-state index is -0.250. The third-order valence-electron chi connectivity index (χ3n) is 4.44. The number of amides is 1. The third kappa shape index (κ3) is 4.46. The molecule has 1 aliphatic heterocycles. The summed E-state index contributed by atoms with van der Waals surface area (Å²) in [5.41, 5.74) is 10.8. The Morgan fingerprint density at radius 2 is 1.88 bits per heavy atom. The monoisotopic (exact) mass is 374 g/mol. The van der Waals surface area contributed by atoms with Gasteiger partial charge in [0.05, 0.1) is 23.4 Å². The maximum atomic E-state index is 12.6. The highest BCUT2D eigenvalue weighted by atomic mass is 35.5. The van der Waals surface area contributed by atoms with Gasteiger partial charge in [-0.2, -0.15) is 0 Å². The number of carbonyl (C=O) groups excluding carboxylic acids is 1. The summed E-state index contributed by atoms with van der Waals surface area (Å²) in [6.45, 7) is 4.20. The first-order valence-electron chi connectivity index (χ1n) is 8.52. The van der Waals surface area contributed by atoms with Crippen LogP contribution in [0.3, 0.4) is 0 Å². The fraction of sp³-hybridized carbons (Fsp3) is 0.316. The molecule has 1 fully saturated rings. The summed E-state index contributed by atoms with van der Waals surface area (Å²) in [7, 11) is 1.50. The maximum Gasteiger partial charge on any atom is 0.269 e. The first-order valence-corrected chi connectivity index (χ1v) is 8.90. The van der Waals surface area contributed by atoms with Gasteiger partial charge in [-0.15, -0.1) is 0 Å². The number of benzene rings is 2. The van der Waals surface area contributed by atoms with Gasteiger partial charge in [0, 0.05) is 38.8 Å². The van der Waals surface area contributed by atoms with Crippen molar-refractivity contribution in [2.24, 2.45) is 0 Å². The molecular weight excluding hydrogens is 352 g/mol. The Morgan fingerprint density at radius 3 is 2.54 bits per heavy atom. The number of hydrogen-bond acceptors (Lipinski definition) is 5. The van der Waals surface area contributed by atoms with Crippen LogP contribution in [0.4, 0.5) is 5.69 Å². The molecular formula is C19H23ClN4O2. The van der Waals surface area contributed by atoms with E-state index in [9.17, 15) is 4.79 Å². The average molecular weight is 375 g/mol. The van der Waals surface area contributed by atoms with E-state index in [0.29, 0.717) is 22.0 Å². The van der Waals surface area contributed by atoms with E-state index in [4.69, 9.17) is 22.1 Å². The van der Waals surface area contributed by atoms with Crippen LogP contribution in [-0.4, -0.2) is 49.1 Å². The van der Waals surface area contributed by atoms with E-state index < -0.39 is 0 Å². The van der Waals surface area contributed by atoms with Crippen molar-refractivity contribution < 1.29 is 9.53 Å². The highest BCUT2D eigenvalue weighted by molar-refractivity contribution is 6.33. The highest BCUT2D eigenvalue weighted by Crippen LogP contribution is 2.28. The van der Waals surface area contributed by atoms with Crippen LogP contribution < -0.4 is 15.9 Å². The molecule has 1 saturated heterocycles. The number of methoxy groups -OCH3 is 1. The number of rotatable bonds is 5. The van der Waals surface area contributed by atoms with Gasteiger partial charge in [-0.25, -0.2) is 5.01 Å². The Labute approximate surface area is 158 Å². The van der Waals surface area contributed by atoms with Gasteiger partial charge in [0.2, 0.25) is 0 Å². The van der Waals surface area contributed by atoms with Crippen molar-refractivity contribution in [1.82, 2.24) is 15.3 Å². The van der Waals surface area contributed by atoms with Gasteiger partial charge in [0.1, 0.15) is 5.75 Å². The molecule has 2 aromatic rings. The van der Waals surface area contributed by atoms with E-state index >= 15 is 0 Å². The summed E-state index contributed by atoms with van der Waals surface area (Å²) in [4.78, 5) is 15.0. The molecule has 1 heterocycles. The lowest BCUT2D eigenvalue weighted by Crippen LogP contribution is -2.53. The molecule has 7 heteroatoms. The Bertz CT molecular complexity index is 762. The van der Waals surface area contributed by atoms with E-state index in [1.54, 1.807) is 6.07 Å². The lowest BCUT2D eigenvalue weighted by Gasteiger charge is -2.34. The van der Waals surface area contributed by atoms with Crippen molar-refractivity contribution in [3.05, 3.63) is 58.6 Å². The van der Waals surface area contributed by atoms with E-state index in [0.717, 1.165) is 32.7 Å². The molecule has 3 N–H and O–H groups in total. The number of nitrogens with zero attached hydrogens (tertiary/aromatic N) is 2. The van der Waals surface area contributed by atoms with Crippen LogP contribution in [-0.2, 0) is 6.54 Å². The summed E-state index contributed by atoms with van der Waals surface area (Å²) in [6.07, 6.45) is 0. The van der Waals surface area contributed by atoms with E-state index in [-0.39, 0.29) is 5.91 Å². The van der Waals surface area contributed by atoms with Crippen LogP contribution in [0.15, 0.2) is 42.5 Å². The smallest absolute Gasteiger partial charge is 0.269 e. The molecule has 6 nitrogen and oxygen atoms in total. The fourth-order valence-electron chi connectivity index (χ4n) is 2.98. The third-order valence-corrected chi connectivity index (χ3v) is 4.77. The second-order valence-corrected chi connectivity index (χ2v) is 6.67. The number of hydrazine groups is 1. The predicted octanol–water partition coefficient (Wildman–Crippen LogP) is 2.39. The van der Waals surface area contributed by atoms with Crippen LogP contribution in [0.2, 0.25) is 5.02 Å². The molecule has 3 rings (SSSR count). The molecule has 1 amide bonds. The number of anilines is 1. The van der Waals surface area contributed by atoms with Gasteiger partial charge < -0.3 is 10.5 Å². The predicted molar refractivity (Wildman–Crippen MR) is 103 cm³/mol. The highest BCUT2D eigenvalue weighted by Gasteiger charge is 2.21. The molecule has 0 atom stereocenters. The average Bonchev–Trinajstić information content (AvgIpc) is 2.66. The van der Waals surface area contributed by atoms with Crippen molar-refractivity contribution in [2.45, 2.75) is 6.54 Å². The molecule has 0 spiro atoms. The largest absolute Gasteiger partial charge is 0.496 e. The van der Waals surface area contributed by atoms with E-state index in [1.807, 2.05) is 11.1 Å². The van der Waals surface area contributed by atoms with Gasteiger partial charge in [0.25, 0.3) is 5.91 Å². The minimum Gasteiger partial charge on any atom is -0.496 e. The Balaban J connectivity index is 1.56. The number of hydrogen-bond donors (Lipinski definition) is 2. The summed E-state index contributed by atoms with van der Waals surface area (Å²) in [6, 6.07) is 13.5. The van der Waals surface area contributed by atoms with Gasteiger partial charge in [-0.1, -0.05) is 41.9 Å². The number of nitrogens with one attached hydrogen (secondary N) is 1. The lowest BCUT2D eigenvalue weighted by atomic mass is 10.1. The quantitative estimate of drug-likeness (QED) is 0.786. The minimum absolute atomic E-state index is 0.250. The summed E-state index contributed by atoms with van der Waals surface area (Å²) < 4.78 is 5.25. The lowest BCUT2D eigenvalue weighted by molar-refractivity contribution is 0.0602. The number of carbonyl (C=O) groups is 1. The topological polar surface area (TPSA) is 70.8 Å². The summed E-state index contributed by atoms with van der Waals surface area (Å²) in [5.74, 6) is 0.160. The fourth-order valence-corrected chi connectivity index (χ4v) is 3.14. The first-order chi connectivity index (χ1) is 12.6. The Morgan fingerprint density at radius 1 is 1.19 bits per heavy atom. The second kappa shape index (κ2) is 8.40. The molecule has 1 aliphatic rings. The zero-order valence-electron chi connectivity index (χ0n) is 14.7. The number of nitrogen functional groups attached to an aromatic ring is 1. The van der Waals surface area contributed by atoms with Crippen LogP contribution in [0.25, 0.3) is 0 Å². The van der Waals surface area contributed by atoms with Gasteiger partial charge in [-0.05, 0) is 11.6 Å². The molecule has 0 saturated carbocycles. The first kappa shape index (κ1) is 18.5. The molecule has 26 heavy (non-hydrogen) atoms. The molecule has 0 bridgehead atoms. The molecule has 0 unspecified atom stereocenters. The van der Waals surface area contributed by atoms with Gasteiger partial charge >= 0.3 is 0 Å². The standard InChI is InChI=1S/C19H23ClN4O2/c1-26-18-12-17(21)16(20)11-15(18)19(25)22-24-9-7-23(8-10-24)13-14-5-3-2-4-6-14/h2-6,11-12H,7-10,13,21H2,1H3,(H,22,25). The second-order valence-electron chi connectivity index (χ2n) is 6.26. The van der Waals surface area contributed by atoms with Crippen LogP contribution in [0.1, 0.15) is 15.9 Å². The van der Waals surface area contributed by atoms with E-state index in [1.165, 1.54) is 18.7 Å². The normalized spacial score (nSPS) is 15.6. The van der Waals surface area contributed by atoms with Gasteiger partial charge in [0.15, 0.2) is 0 Å². The summed E-state index contributed by atoms with van der Waals surface area (Å²) in [5, 5.41) is 2.26. The number of nitrogens with two attached hydrogens (primary N) is 1. The van der Waals surface area contributed by atoms with Crippen molar-refractivity contribution in [2.75, 3.05) is 39.0 Å². The number of halogens is 1. The zero-order chi connectivity index (χ0) is 18.5. The Kier molecular flexibility index (Phi) is 5.98. The van der Waals surface area contributed by atoms with Gasteiger partial charge in [-0.3, -0.25) is 15.1 Å². The SMILES string of the molecule is COc1cc(N)c(Cl)cc1C(=O)NN1CCN(Cc2ccccc2)CC1. The molecule has 0 radical (unpaired) electrons. The van der Waals surface area contributed by atoms with E-state index in [2.05, 4.69) is 34.6 Å². The van der Waals surface area contributed by atoms with Crippen molar-refractivity contribution in [1.29, 1.82) is 0 Å². The van der Waals surface area contributed by atoms with Crippen molar-refractivity contribution in [3.63, 3.8) is 0 Å². The zero-order valence-corrected chi connectivity index (χ0v) is 15.5. The summed E-state index contributed by atoms with van der Waals surface area (Å²) >= 11 is 6.04. The van der Waals surface area contributed by atoms with Crippen LogP contribution >= 0.6 is 11.6 Å². The molecule has 0 aliphatic carbocycles. The van der Waals surface area contributed by atoms with Crippen LogP contribution in [0, 0.1) is 0 Å². The molecule has 138 valence electrons. The molecule has 0 aromatic heterocycles. The molecule has 2 aromatic carbocycles. The number of piperazine rings is 1. The van der Waals surface area contributed by atoms with Crippen LogP contribution in [0.5, 0.6) is 5.75 Å². The number of ether oxygens (including phenoxy) is 1. The maximum absolute atomic E-state index is 12.6.